The number of H-pyrrole nitrogens is 1. The molecule has 2 N–H and O–H groups in total. The second-order valence-electron chi connectivity index (χ2n) is 7.57. The molecule has 1 aliphatic heterocycles. The highest BCUT2D eigenvalue weighted by molar-refractivity contribution is 6.24. The highest BCUT2D eigenvalue weighted by Gasteiger charge is 2.24. The summed E-state index contributed by atoms with van der Waals surface area (Å²) in [4.78, 5) is 18.1. The van der Waals surface area contributed by atoms with Crippen molar-refractivity contribution in [3.8, 4) is 0 Å². The summed E-state index contributed by atoms with van der Waals surface area (Å²) < 4.78 is 0. The fourth-order valence-electron chi connectivity index (χ4n) is 4.17. The number of halogens is 1. The van der Waals surface area contributed by atoms with Gasteiger partial charge in [-0.25, -0.2) is 0 Å². The lowest BCUT2D eigenvalue weighted by molar-refractivity contribution is 0.0945. The molecule has 2 aromatic rings. The molecule has 1 aliphatic carbocycles. The maximum absolute atomic E-state index is 12.4. The predicted octanol–water partition coefficient (Wildman–Crippen LogP) is 2.11. The molecule has 2 aliphatic rings. The Balaban J connectivity index is 1.29. The zero-order chi connectivity index (χ0) is 18.8. The number of hydrogen-bond acceptors (Lipinski definition) is 2. The van der Waals surface area contributed by atoms with Crippen LogP contribution in [0.5, 0.6) is 0 Å². The summed E-state index contributed by atoms with van der Waals surface area (Å²) in [5.74, 6) is 0.554. The number of aromatic amines is 1. The molecule has 2 atom stereocenters. The van der Waals surface area contributed by atoms with Gasteiger partial charge in [0.1, 0.15) is 5.69 Å². The van der Waals surface area contributed by atoms with E-state index in [0.717, 1.165) is 36.6 Å². The third-order valence-electron chi connectivity index (χ3n) is 5.65. The quantitative estimate of drug-likeness (QED) is 0.777. The Kier molecular flexibility index (Phi) is 5.37. The van der Waals surface area contributed by atoms with Crippen LogP contribution in [0.2, 0.25) is 0 Å². The summed E-state index contributed by atoms with van der Waals surface area (Å²) in [5.41, 5.74) is 3.45. The van der Waals surface area contributed by atoms with Crippen molar-refractivity contribution in [1.29, 1.82) is 0 Å². The Hall–Kier alpha value is -2.04. The molecule has 0 bridgehead atoms. The van der Waals surface area contributed by atoms with Crippen LogP contribution < -0.4 is 15.9 Å². The van der Waals surface area contributed by atoms with Gasteiger partial charge < -0.3 is 15.2 Å². The number of fused-ring (bicyclic) bond motifs is 1. The Bertz CT molecular complexity index is 949. The number of carbonyl (C=O) groups excluding carboxylic acids is 1. The fraction of sp³-hybridized carbons (Fsp3) is 0.409. The molecule has 5 heteroatoms. The number of aryl methyl sites for hydroxylation is 1. The normalized spacial score (nSPS) is 22.0. The van der Waals surface area contributed by atoms with E-state index >= 15 is 0 Å². The molecule has 142 valence electrons. The first-order valence-corrected chi connectivity index (χ1v) is 10.1. The first-order chi connectivity index (χ1) is 13.1. The standard InChI is InChI=1S/C22H26ClN3O/c1-15-4-2-3-5-19(15)16-8-10-26(14-16)11-9-24-22(27)21-13-17-12-18(23)6-7-20(17)25-21/h2-5,7,12-13,16,18,25H,6,8-11,14H2,1H3,(H,24,27). The van der Waals surface area contributed by atoms with Crippen molar-refractivity contribution in [3.63, 3.8) is 0 Å². The van der Waals surface area contributed by atoms with Gasteiger partial charge in [-0.1, -0.05) is 36.4 Å². The lowest BCUT2D eigenvalue weighted by Gasteiger charge is -2.17. The van der Waals surface area contributed by atoms with E-state index in [-0.39, 0.29) is 11.3 Å². The molecule has 1 aromatic heterocycles. The number of benzene rings is 1. The lowest BCUT2D eigenvalue weighted by Crippen LogP contribution is -2.34. The molecule has 2 heterocycles. The molecular weight excluding hydrogens is 358 g/mol. The molecule has 0 spiro atoms. The number of hydrogen-bond donors (Lipinski definition) is 2. The Morgan fingerprint density at radius 2 is 2.22 bits per heavy atom. The zero-order valence-electron chi connectivity index (χ0n) is 15.7. The fourth-order valence-corrected chi connectivity index (χ4v) is 4.39. The van der Waals surface area contributed by atoms with Crippen LogP contribution in [-0.2, 0) is 0 Å². The number of nitrogens with zero attached hydrogens (tertiary/aromatic N) is 1. The van der Waals surface area contributed by atoms with Gasteiger partial charge in [-0.15, -0.1) is 11.6 Å². The highest BCUT2D eigenvalue weighted by atomic mass is 35.5. The molecule has 0 saturated carbocycles. The molecule has 2 unspecified atom stereocenters. The van der Waals surface area contributed by atoms with Crippen molar-refractivity contribution in [2.75, 3.05) is 26.2 Å². The number of rotatable bonds is 5. The van der Waals surface area contributed by atoms with E-state index in [1.54, 1.807) is 0 Å². The van der Waals surface area contributed by atoms with Crippen molar-refractivity contribution < 1.29 is 4.79 Å². The molecule has 4 rings (SSSR count). The minimum absolute atomic E-state index is 0.0144. The monoisotopic (exact) mass is 383 g/mol. The van der Waals surface area contributed by atoms with Gasteiger partial charge in [0, 0.05) is 25.0 Å². The average Bonchev–Trinajstić information content (AvgIpc) is 3.28. The van der Waals surface area contributed by atoms with Crippen molar-refractivity contribution in [2.45, 2.75) is 31.1 Å². The second-order valence-corrected chi connectivity index (χ2v) is 8.13. The van der Waals surface area contributed by atoms with Crippen LogP contribution in [0.4, 0.5) is 0 Å². The Morgan fingerprint density at radius 3 is 3.07 bits per heavy atom. The third kappa shape index (κ3) is 4.12. The van der Waals surface area contributed by atoms with Gasteiger partial charge >= 0.3 is 0 Å². The average molecular weight is 384 g/mol. The van der Waals surface area contributed by atoms with Crippen molar-refractivity contribution >= 4 is 29.7 Å². The van der Waals surface area contributed by atoms with Crippen molar-refractivity contribution in [3.05, 3.63) is 57.7 Å². The molecule has 1 fully saturated rings. The largest absolute Gasteiger partial charge is 0.351 e. The molecule has 0 radical (unpaired) electrons. The minimum atomic E-state index is -0.0491. The molecular formula is C22H26ClN3O. The van der Waals surface area contributed by atoms with E-state index in [9.17, 15) is 4.79 Å². The Morgan fingerprint density at radius 1 is 1.37 bits per heavy atom. The van der Waals surface area contributed by atoms with E-state index < -0.39 is 0 Å². The smallest absolute Gasteiger partial charge is 0.267 e. The first kappa shape index (κ1) is 18.3. The summed E-state index contributed by atoms with van der Waals surface area (Å²) in [5, 5.41) is 5.07. The maximum Gasteiger partial charge on any atom is 0.267 e. The van der Waals surface area contributed by atoms with Gasteiger partial charge in [0.15, 0.2) is 0 Å². The summed E-state index contributed by atoms with van der Waals surface area (Å²) in [6, 6.07) is 10.6. The predicted molar refractivity (Wildman–Crippen MR) is 111 cm³/mol. The molecule has 1 aromatic carbocycles. The van der Waals surface area contributed by atoms with Crippen molar-refractivity contribution in [2.24, 2.45) is 0 Å². The number of aromatic nitrogens is 1. The molecule has 1 saturated heterocycles. The number of carbonyl (C=O) groups is 1. The lowest BCUT2D eigenvalue weighted by atomic mass is 9.94. The van der Waals surface area contributed by atoms with Crippen LogP contribution in [0.15, 0.2) is 30.3 Å². The topological polar surface area (TPSA) is 48.1 Å². The van der Waals surface area contributed by atoms with Gasteiger partial charge in [0.2, 0.25) is 0 Å². The summed E-state index contributed by atoms with van der Waals surface area (Å²) in [7, 11) is 0. The molecule has 1 amide bonds. The van der Waals surface area contributed by atoms with Gasteiger partial charge in [0.25, 0.3) is 5.91 Å². The minimum Gasteiger partial charge on any atom is -0.351 e. The summed E-state index contributed by atoms with van der Waals surface area (Å²) >= 11 is 6.15. The van der Waals surface area contributed by atoms with Gasteiger partial charge in [-0.05, 0) is 54.6 Å². The summed E-state index contributed by atoms with van der Waals surface area (Å²) in [6.45, 7) is 5.89. The van der Waals surface area contributed by atoms with Crippen LogP contribution in [0, 0.1) is 6.92 Å². The third-order valence-corrected chi connectivity index (χ3v) is 5.95. The van der Waals surface area contributed by atoms with Gasteiger partial charge in [-0.3, -0.25) is 4.79 Å². The van der Waals surface area contributed by atoms with Crippen LogP contribution in [0.1, 0.15) is 40.4 Å². The van der Waals surface area contributed by atoms with E-state index in [1.807, 2.05) is 12.1 Å². The maximum atomic E-state index is 12.4. The van der Waals surface area contributed by atoms with E-state index in [2.05, 4.69) is 52.5 Å². The van der Waals surface area contributed by atoms with Gasteiger partial charge in [0.05, 0.1) is 5.38 Å². The zero-order valence-corrected chi connectivity index (χ0v) is 16.4. The van der Waals surface area contributed by atoms with Crippen LogP contribution in [-0.4, -0.2) is 47.3 Å². The van der Waals surface area contributed by atoms with E-state index in [1.165, 1.54) is 17.5 Å². The SMILES string of the molecule is Cc1ccccc1C1CCN(CCNC(=O)c2cc3c([nH]2)=CCC(Cl)C=3)C1. The number of nitrogens with one attached hydrogen (secondary N) is 2. The second kappa shape index (κ2) is 7.91. The summed E-state index contributed by atoms with van der Waals surface area (Å²) in [6.07, 6.45) is 6.04. The van der Waals surface area contributed by atoms with Crippen LogP contribution in [0.3, 0.4) is 0 Å². The van der Waals surface area contributed by atoms with E-state index in [4.69, 9.17) is 11.6 Å². The highest BCUT2D eigenvalue weighted by Crippen LogP contribution is 2.28. The molecule has 4 nitrogen and oxygen atoms in total. The Labute approximate surface area is 164 Å². The number of likely N-dealkylation sites (tertiary alicyclic amines) is 1. The van der Waals surface area contributed by atoms with E-state index in [0.29, 0.717) is 18.2 Å². The first-order valence-electron chi connectivity index (χ1n) is 9.71. The number of amides is 1. The van der Waals surface area contributed by atoms with Crippen molar-refractivity contribution in [1.82, 2.24) is 15.2 Å². The van der Waals surface area contributed by atoms with Gasteiger partial charge in [-0.2, -0.15) is 0 Å². The molecule has 27 heavy (non-hydrogen) atoms. The van der Waals surface area contributed by atoms with Crippen LogP contribution >= 0.6 is 11.6 Å². The number of alkyl halides is 1. The van der Waals surface area contributed by atoms with Crippen LogP contribution in [0.25, 0.3) is 12.2 Å².